The predicted molar refractivity (Wildman–Crippen MR) is 147 cm³/mol. The lowest BCUT2D eigenvalue weighted by Gasteiger charge is -2.40. The van der Waals surface area contributed by atoms with Gasteiger partial charge in [-0.25, -0.2) is 0 Å². The maximum absolute atomic E-state index is 5.70. The average Bonchev–Trinajstić information content (AvgIpc) is 2.86. The summed E-state index contributed by atoms with van der Waals surface area (Å²) in [4.78, 5) is 7.01. The topological polar surface area (TPSA) is 46.1 Å². The molecule has 0 radical (unpaired) electrons. The molecule has 2 aromatic carbocycles. The molecule has 0 aliphatic carbocycles. The molecule has 5 nitrogen and oxygen atoms in total. The lowest BCUT2D eigenvalue weighted by Crippen LogP contribution is -2.50. The van der Waals surface area contributed by atoms with Gasteiger partial charge in [0.2, 0.25) is 0 Å². The Kier molecular flexibility index (Phi) is 9.62. The first-order valence-electron chi connectivity index (χ1n) is 11.6. The van der Waals surface area contributed by atoms with E-state index in [4.69, 9.17) is 9.47 Å². The minimum absolute atomic E-state index is 0. The number of nitrogens with one attached hydrogen (secondary N) is 1. The fourth-order valence-corrected chi connectivity index (χ4v) is 4.79. The standard InChI is InChI=1S/C27H35N3O2.HI/c1-28-26(30-16-12-23(13-17-30)20-22-6-4-3-5-7-22)29-21-27(14-18-32-19-15-27)24-8-10-25(31-2)11-9-24;/h3-11,20H,12-19,21H2,1-2H3,(H,28,29);1H. The van der Waals surface area contributed by atoms with E-state index in [-0.39, 0.29) is 29.4 Å². The lowest BCUT2D eigenvalue weighted by molar-refractivity contribution is 0.0511. The summed E-state index contributed by atoms with van der Waals surface area (Å²) in [6, 6.07) is 19.1. The Balaban J connectivity index is 0.00000306. The van der Waals surface area contributed by atoms with Crippen LogP contribution in [0.4, 0.5) is 0 Å². The van der Waals surface area contributed by atoms with Gasteiger partial charge in [-0.3, -0.25) is 4.99 Å². The fraction of sp³-hybridized carbons (Fsp3) is 0.444. The van der Waals surface area contributed by atoms with Gasteiger partial charge in [-0.2, -0.15) is 0 Å². The molecule has 1 N–H and O–H groups in total. The number of piperidine rings is 1. The van der Waals surface area contributed by atoms with Crippen LogP contribution in [0.15, 0.2) is 65.2 Å². The van der Waals surface area contributed by atoms with Crippen LogP contribution in [0, 0.1) is 0 Å². The number of likely N-dealkylation sites (tertiary alicyclic amines) is 1. The van der Waals surface area contributed by atoms with Crippen molar-refractivity contribution in [1.82, 2.24) is 10.2 Å². The van der Waals surface area contributed by atoms with Gasteiger partial charge >= 0.3 is 0 Å². The van der Waals surface area contributed by atoms with Crippen LogP contribution in [0.2, 0.25) is 0 Å². The summed E-state index contributed by atoms with van der Waals surface area (Å²) in [5, 5.41) is 3.71. The zero-order chi connectivity index (χ0) is 22.2. The van der Waals surface area contributed by atoms with Crippen molar-refractivity contribution in [2.75, 3.05) is 47.0 Å². The smallest absolute Gasteiger partial charge is 0.193 e. The Morgan fingerprint density at radius 3 is 2.33 bits per heavy atom. The first kappa shape index (κ1) is 25.6. The molecule has 2 heterocycles. The quantitative estimate of drug-likeness (QED) is 0.313. The molecular formula is C27H36IN3O2. The van der Waals surface area contributed by atoms with Gasteiger partial charge in [-0.15, -0.1) is 24.0 Å². The summed E-state index contributed by atoms with van der Waals surface area (Å²) in [6.07, 6.45) is 6.51. The van der Waals surface area contributed by atoms with Crippen molar-refractivity contribution >= 4 is 36.0 Å². The molecule has 4 rings (SSSR count). The first-order chi connectivity index (χ1) is 15.7. The van der Waals surface area contributed by atoms with Crippen molar-refractivity contribution in [3.05, 3.63) is 71.3 Å². The zero-order valence-corrected chi connectivity index (χ0v) is 22.1. The van der Waals surface area contributed by atoms with E-state index in [1.165, 1.54) is 16.7 Å². The number of guanidine groups is 1. The number of ether oxygens (including phenoxy) is 2. The Morgan fingerprint density at radius 2 is 1.73 bits per heavy atom. The molecule has 33 heavy (non-hydrogen) atoms. The van der Waals surface area contributed by atoms with Gasteiger partial charge in [0.25, 0.3) is 0 Å². The molecule has 0 amide bonds. The van der Waals surface area contributed by atoms with E-state index in [1.54, 1.807) is 7.11 Å². The van der Waals surface area contributed by atoms with Crippen LogP contribution in [-0.2, 0) is 10.2 Å². The van der Waals surface area contributed by atoms with E-state index in [0.29, 0.717) is 0 Å². The van der Waals surface area contributed by atoms with Crippen molar-refractivity contribution < 1.29 is 9.47 Å². The molecule has 2 fully saturated rings. The highest BCUT2D eigenvalue weighted by Gasteiger charge is 2.35. The van der Waals surface area contributed by atoms with E-state index in [9.17, 15) is 0 Å². The molecule has 0 spiro atoms. The summed E-state index contributed by atoms with van der Waals surface area (Å²) in [6.45, 7) is 4.44. The van der Waals surface area contributed by atoms with Crippen molar-refractivity contribution in [2.24, 2.45) is 4.99 Å². The second-order valence-corrected chi connectivity index (χ2v) is 8.72. The third kappa shape index (κ3) is 6.51. The minimum Gasteiger partial charge on any atom is -0.497 e. The SMILES string of the molecule is CN=C(NCC1(c2ccc(OC)cc2)CCOCC1)N1CCC(=Cc2ccccc2)CC1.I. The molecule has 0 unspecified atom stereocenters. The third-order valence-corrected chi connectivity index (χ3v) is 6.82. The molecule has 2 saturated heterocycles. The zero-order valence-electron chi connectivity index (χ0n) is 19.8. The van der Waals surface area contributed by atoms with E-state index in [0.717, 1.165) is 70.2 Å². The lowest BCUT2D eigenvalue weighted by atomic mass is 9.74. The summed E-state index contributed by atoms with van der Waals surface area (Å²) in [7, 11) is 3.60. The van der Waals surface area contributed by atoms with Crippen LogP contribution >= 0.6 is 24.0 Å². The van der Waals surface area contributed by atoms with Crippen molar-refractivity contribution in [3.8, 4) is 5.75 Å². The second kappa shape index (κ2) is 12.4. The van der Waals surface area contributed by atoms with Crippen LogP contribution in [-0.4, -0.2) is 57.9 Å². The Labute approximate surface area is 215 Å². The first-order valence-corrected chi connectivity index (χ1v) is 11.6. The number of halogens is 1. The van der Waals surface area contributed by atoms with Crippen molar-refractivity contribution in [2.45, 2.75) is 31.1 Å². The van der Waals surface area contributed by atoms with Crippen LogP contribution in [0.25, 0.3) is 6.08 Å². The van der Waals surface area contributed by atoms with Gasteiger partial charge in [0, 0.05) is 45.3 Å². The minimum atomic E-state index is 0. The van der Waals surface area contributed by atoms with Gasteiger partial charge in [0.15, 0.2) is 5.96 Å². The number of methoxy groups -OCH3 is 1. The number of aliphatic imine (C=N–C) groups is 1. The predicted octanol–water partition coefficient (Wildman–Crippen LogP) is 5.12. The molecule has 178 valence electrons. The third-order valence-electron chi connectivity index (χ3n) is 6.82. The highest BCUT2D eigenvalue weighted by Crippen LogP contribution is 2.35. The van der Waals surface area contributed by atoms with E-state index < -0.39 is 0 Å². The van der Waals surface area contributed by atoms with E-state index in [2.05, 4.69) is 75.9 Å². The molecule has 0 aromatic heterocycles. The van der Waals surface area contributed by atoms with Crippen LogP contribution in [0.5, 0.6) is 5.75 Å². The summed E-state index contributed by atoms with van der Waals surface area (Å²) in [5.41, 5.74) is 4.20. The number of hydrogen-bond acceptors (Lipinski definition) is 3. The highest BCUT2D eigenvalue weighted by molar-refractivity contribution is 14.0. The molecule has 0 bridgehead atoms. The molecule has 6 heteroatoms. The second-order valence-electron chi connectivity index (χ2n) is 8.72. The maximum atomic E-state index is 5.70. The van der Waals surface area contributed by atoms with Gasteiger partial charge < -0.3 is 19.7 Å². The Morgan fingerprint density at radius 1 is 1.06 bits per heavy atom. The number of benzene rings is 2. The van der Waals surface area contributed by atoms with Crippen LogP contribution in [0.3, 0.4) is 0 Å². The van der Waals surface area contributed by atoms with Crippen molar-refractivity contribution in [3.63, 3.8) is 0 Å². The van der Waals surface area contributed by atoms with Gasteiger partial charge in [-0.05, 0) is 48.9 Å². The largest absolute Gasteiger partial charge is 0.497 e. The Bertz CT molecular complexity index is 912. The summed E-state index contributed by atoms with van der Waals surface area (Å²) >= 11 is 0. The summed E-state index contributed by atoms with van der Waals surface area (Å²) in [5.74, 6) is 1.90. The molecule has 0 atom stereocenters. The molecule has 2 aliphatic heterocycles. The molecular weight excluding hydrogens is 525 g/mol. The Hall–Kier alpha value is -2.06. The molecule has 2 aliphatic rings. The van der Waals surface area contributed by atoms with Crippen LogP contribution < -0.4 is 10.1 Å². The molecule has 0 saturated carbocycles. The fourth-order valence-electron chi connectivity index (χ4n) is 4.79. The van der Waals surface area contributed by atoms with Gasteiger partial charge in [0.05, 0.1) is 7.11 Å². The normalized spacial score (nSPS) is 18.3. The van der Waals surface area contributed by atoms with Crippen molar-refractivity contribution in [1.29, 1.82) is 0 Å². The average molecular weight is 562 g/mol. The summed E-state index contributed by atoms with van der Waals surface area (Å²) < 4.78 is 11.1. The number of hydrogen-bond donors (Lipinski definition) is 1. The van der Waals surface area contributed by atoms with Gasteiger partial charge in [0.1, 0.15) is 5.75 Å². The van der Waals surface area contributed by atoms with E-state index in [1.807, 2.05) is 7.05 Å². The monoisotopic (exact) mass is 561 g/mol. The van der Waals surface area contributed by atoms with Gasteiger partial charge in [-0.1, -0.05) is 54.1 Å². The number of rotatable bonds is 5. The number of nitrogens with zero attached hydrogens (tertiary/aromatic N) is 2. The maximum Gasteiger partial charge on any atom is 0.193 e. The molecule has 2 aromatic rings. The van der Waals surface area contributed by atoms with E-state index >= 15 is 0 Å². The highest BCUT2D eigenvalue weighted by atomic mass is 127. The van der Waals surface area contributed by atoms with Crippen LogP contribution in [0.1, 0.15) is 36.8 Å².